The zero-order chi connectivity index (χ0) is 13.2. The first-order chi connectivity index (χ1) is 8.53. The van der Waals surface area contributed by atoms with Crippen LogP contribution in [0, 0.1) is 0 Å². The Morgan fingerprint density at radius 2 is 2.11 bits per heavy atom. The number of hydrogen-bond acceptors (Lipinski definition) is 4. The van der Waals surface area contributed by atoms with Crippen LogP contribution in [0.3, 0.4) is 0 Å². The van der Waals surface area contributed by atoms with Gasteiger partial charge in [-0.2, -0.15) is 0 Å². The quantitative estimate of drug-likeness (QED) is 0.924. The molecule has 1 aliphatic rings. The van der Waals surface area contributed by atoms with Gasteiger partial charge in [0.25, 0.3) is 0 Å². The molecule has 2 heterocycles. The van der Waals surface area contributed by atoms with Gasteiger partial charge in [-0.25, -0.2) is 8.42 Å². The molecule has 0 aromatic carbocycles. The number of sulfone groups is 1. The van der Waals surface area contributed by atoms with Crippen LogP contribution in [0.1, 0.15) is 35.9 Å². The summed E-state index contributed by atoms with van der Waals surface area (Å²) < 4.78 is 23.8. The Balaban J connectivity index is 2.04. The molecule has 0 amide bonds. The number of aliphatic hydroxyl groups excluding tert-OH is 1. The number of thiophene rings is 1. The second-order valence-corrected chi connectivity index (χ2v) is 8.49. The second-order valence-electron chi connectivity index (χ2n) is 4.89. The summed E-state index contributed by atoms with van der Waals surface area (Å²) in [7, 11) is -3.09. The lowest BCUT2D eigenvalue weighted by molar-refractivity contribution is 0.163. The molecule has 102 valence electrons. The van der Waals surface area contributed by atoms with Gasteiger partial charge in [-0.15, -0.1) is 11.3 Å². The van der Waals surface area contributed by atoms with E-state index in [4.69, 9.17) is 0 Å². The van der Waals surface area contributed by atoms with E-state index in [9.17, 15) is 13.5 Å². The van der Waals surface area contributed by atoms with Gasteiger partial charge in [-0.05, 0) is 31.4 Å². The maximum atomic E-state index is 11.9. The highest BCUT2D eigenvalue weighted by molar-refractivity contribution is 7.92. The smallest absolute Gasteiger partial charge is 0.155 e. The van der Waals surface area contributed by atoms with E-state index in [1.807, 2.05) is 6.07 Å². The van der Waals surface area contributed by atoms with Crippen molar-refractivity contribution in [2.45, 2.75) is 50.4 Å². The summed E-state index contributed by atoms with van der Waals surface area (Å²) in [6, 6.07) is 4.06. The Morgan fingerprint density at radius 3 is 2.72 bits per heavy atom. The Morgan fingerprint density at radius 1 is 1.39 bits per heavy atom. The summed E-state index contributed by atoms with van der Waals surface area (Å²) in [4.78, 5) is 2.36. The molecule has 1 aromatic heterocycles. The molecule has 0 radical (unpaired) electrons. The predicted octanol–water partition coefficient (Wildman–Crippen LogP) is 2.18. The first-order valence-electron chi connectivity index (χ1n) is 6.50. The van der Waals surface area contributed by atoms with Crippen molar-refractivity contribution in [1.29, 1.82) is 0 Å². The summed E-state index contributed by atoms with van der Waals surface area (Å²) in [5.41, 5.74) is 0. The minimum Gasteiger partial charge on any atom is -0.391 e. The minimum absolute atomic E-state index is 0.235. The van der Waals surface area contributed by atoms with Gasteiger partial charge in [0.2, 0.25) is 0 Å². The molecule has 1 fully saturated rings. The van der Waals surface area contributed by atoms with Crippen LogP contribution in [0.25, 0.3) is 0 Å². The molecule has 1 aromatic rings. The van der Waals surface area contributed by atoms with Crippen LogP contribution in [-0.2, 0) is 22.7 Å². The van der Waals surface area contributed by atoms with Gasteiger partial charge >= 0.3 is 0 Å². The molecule has 2 atom stereocenters. The average molecular weight is 288 g/mol. The van der Waals surface area contributed by atoms with Gasteiger partial charge in [0.05, 0.1) is 17.1 Å². The highest BCUT2D eigenvalue weighted by atomic mass is 32.2. The lowest BCUT2D eigenvalue weighted by atomic mass is 10.1. The van der Waals surface area contributed by atoms with E-state index in [-0.39, 0.29) is 5.75 Å². The Bertz CT molecular complexity index is 490. The number of hydrogen-bond donors (Lipinski definition) is 1. The molecular weight excluding hydrogens is 268 g/mol. The van der Waals surface area contributed by atoms with Gasteiger partial charge in [0, 0.05) is 16.2 Å². The standard InChI is InChI=1S/C13H20O3S2/c1-2-10-6-7-11(17-10)9-12(14)13-5-3-4-8-18(13,15)16/h6-7,12-14H,2-5,8-9H2,1H3. The van der Waals surface area contributed by atoms with Crippen molar-refractivity contribution in [3.63, 3.8) is 0 Å². The maximum absolute atomic E-state index is 11.9. The van der Waals surface area contributed by atoms with Crippen LogP contribution in [0.5, 0.6) is 0 Å². The van der Waals surface area contributed by atoms with Crippen LogP contribution in [-0.4, -0.2) is 30.6 Å². The molecule has 2 rings (SSSR count). The molecular formula is C13H20O3S2. The molecule has 18 heavy (non-hydrogen) atoms. The van der Waals surface area contributed by atoms with E-state index in [0.717, 1.165) is 24.1 Å². The molecule has 0 saturated carbocycles. The van der Waals surface area contributed by atoms with E-state index < -0.39 is 21.2 Å². The molecule has 0 bridgehead atoms. The maximum Gasteiger partial charge on any atom is 0.155 e. The largest absolute Gasteiger partial charge is 0.391 e. The highest BCUT2D eigenvalue weighted by Crippen LogP contribution is 2.26. The van der Waals surface area contributed by atoms with Crippen molar-refractivity contribution in [2.75, 3.05) is 5.75 Å². The first kappa shape index (κ1) is 14.0. The fraction of sp³-hybridized carbons (Fsp3) is 0.692. The summed E-state index contributed by atoms with van der Waals surface area (Å²) in [5, 5.41) is 9.62. The highest BCUT2D eigenvalue weighted by Gasteiger charge is 2.34. The van der Waals surface area contributed by atoms with Crippen molar-refractivity contribution >= 4 is 21.2 Å². The Hall–Kier alpha value is -0.390. The van der Waals surface area contributed by atoms with Crippen LogP contribution < -0.4 is 0 Å². The third-order valence-corrected chi connectivity index (χ3v) is 7.12. The van der Waals surface area contributed by atoms with Crippen LogP contribution in [0.4, 0.5) is 0 Å². The minimum atomic E-state index is -3.09. The second kappa shape index (κ2) is 5.72. The zero-order valence-corrected chi connectivity index (χ0v) is 12.3. The lowest BCUT2D eigenvalue weighted by Gasteiger charge is -2.26. The van der Waals surface area contributed by atoms with E-state index >= 15 is 0 Å². The van der Waals surface area contributed by atoms with Crippen molar-refractivity contribution < 1.29 is 13.5 Å². The Kier molecular flexibility index (Phi) is 4.45. The predicted molar refractivity (Wildman–Crippen MR) is 74.8 cm³/mol. The molecule has 0 spiro atoms. The Labute approximate surface area is 113 Å². The van der Waals surface area contributed by atoms with E-state index in [0.29, 0.717) is 12.8 Å². The topological polar surface area (TPSA) is 54.4 Å². The van der Waals surface area contributed by atoms with Gasteiger partial charge in [-0.3, -0.25) is 0 Å². The van der Waals surface area contributed by atoms with Crippen LogP contribution in [0.15, 0.2) is 12.1 Å². The summed E-state index contributed by atoms with van der Waals surface area (Å²) in [6.07, 6.45) is 2.96. The third-order valence-electron chi connectivity index (χ3n) is 3.53. The van der Waals surface area contributed by atoms with Gasteiger partial charge in [0.15, 0.2) is 9.84 Å². The molecule has 5 heteroatoms. The summed E-state index contributed by atoms with van der Waals surface area (Å²) in [5.74, 6) is 0.235. The number of aliphatic hydroxyl groups is 1. The number of rotatable bonds is 4. The van der Waals surface area contributed by atoms with E-state index in [1.165, 1.54) is 4.88 Å². The zero-order valence-electron chi connectivity index (χ0n) is 10.6. The summed E-state index contributed by atoms with van der Waals surface area (Å²) in [6.45, 7) is 2.09. The summed E-state index contributed by atoms with van der Waals surface area (Å²) >= 11 is 1.67. The van der Waals surface area contributed by atoms with Gasteiger partial charge in [-0.1, -0.05) is 13.3 Å². The molecule has 1 saturated heterocycles. The number of aryl methyl sites for hydroxylation is 1. The molecule has 3 nitrogen and oxygen atoms in total. The van der Waals surface area contributed by atoms with Crippen molar-refractivity contribution in [3.8, 4) is 0 Å². The lowest BCUT2D eigenvalue weighted by Crippen LogP contribution is -2.39. The third kappa shape index (κ3) is 3.13. The normalized spacial score (nSPS) is 24.9. The van der Waals surface area contributed by atoms with Gasteiger partial charge in [0.1, 0.15) is 0 Å². The van der Waals surface area contributed by atoms with E-state index in [2.05, 4.69) is 13.0 Å². The molecule has 1 N–H and O–H groups in total. The molecule has 2 unspecified atom stereocenters. The van der Waals surface area contributed by atoms with Gasteiger partial charge < -0.3 is 5.11 Å². The fourth-order valence-corrected chi connectivity index (χ4v) is 5.49. The monoisotopic (exact) mass is 288 g/mol. The SMILES string of the molecule is CCc1ccc(CC(O)C2CCCCS2(=O)=O)s1. The fourth-order valence-electron chi connectivity index (χ4n) is 2.47. The van der Waals surface area contributed by atoms with Crippen molar-refractivity contribution in [1.82, 2.24) is 0 Å². The first-order valence-corrected chi connectivity index (χ1v) is 9.03. The van der Waals surface area contributed by atoms with Crippen molar-refractivity contribution in [3.05, 3.63) is 21.9 Å². The van der Waals surface area contributed by atoms with E-state index in [1.54, 1.807) is 11.3 Å². The van der Waals surface area contributed by atoms with Crippen LogP contribution >= 0.6 is 11.3 Å². The molecule has 1 aliphatic heterocycles. The molecule has 0 aliphatic carbocycles. The van der Waals surface area contributed by atoms with Crippen LogP contribution in [0.2, 0.25) is 0 Å². The van der Waals surface area contributed by atoms with Crippen molar-refractivity contribution in [2.24, 2.45) is 0 Å². The average Bonchev–Trinajstić information content (AvgIpc) is 2.76.